The van der Waals surface area contributed by atoms with Gasteiger partial charge in [0.2, 0.25) is 11.8 Å². The van der Waals surface area contributed by atoms with Crippen molar-refractivity contribution in [2.75, 3.05) is 6.54 Å². The Morgan fingerprint density at radius 3 is 2.38 bits per heavy atom. The molecule has 2 aliphatic carbocycles. The van der Waals surface area contributed by atoms with Gasteiger partial charge >= 0.3 is 5.97 Å². The second-order valence-electron chi connectivity index (χ2n) is 8.00. The molecule has 0 saturated heterocycles. The third-order valence-electron chi connectivity index (χ3n) is 5.75. The quantitative estimate of drug-likeness (QED) is 0.434. The summed E-state index contributed by atoms with van der Waals surface area (Å²) in [6, 6.07) is -0.711. The first-order valence-electron chi connectivity index (χ1n) is 10.7. The van der Waals surface area contributed by atoms with Crippen molar-refractivity contribution < 1.29 is 24.2 Å². The zero-order chi connectivity index (χ0) is 21.4. The molecular weight excluding hydrogens is 374 g/mol. The summed E-state index contributed by atoms with van der Waals surface area (Å²) in [6.07, 6.45) is 7.08. The van der Waals surface area contributed by atoms with Gasteiger partial charge in [-0.05, 0) is 31.8 Å². The van der Waals surface area contributed by atoms with E-state index in [4.69, 9.17) is 4.74 Å². The molecule has 0 bridgehead atoms. The van der Waals surface area contributed by atoms with E-state index in [0.717, 1.165) is 25.7 Å². The minimum Gasteiger partial charge on any atom is -0.478 e. The number of carbonyl (C=O) groups is 3. The molecule has 4 N–H and O–H groups in total. The van der Waals surface area contributed by atoms with Crippen LogP contribution in [0.5, 0.6) is 0 Å². The van der Waals surface area contributed by atoms with Crippen LogP contribution in [0.1, 0.15) is 65.7 Å². The van der Waals surface area contributed by atoms with Crippen LogP contribution in [0.15, 0.2) is 11.6 Å². The molecule has 8 nitrogen and oxygen atoms in total. The molecule has 0 aromatic heterocycles. The summed E-state index contributed by atoms with van der Waals surface area (Å²) in [5, 5.41) is 18.6. The van der Waals surface area contributed by atoms with E-state index in [9.17, 15) is 19.5 Å². The number of amides is 2. The maximum atomic E-state index is 12.5. The zero-order valence-corrected chi connectivity index (χ0v) is 17.7. The van der Waals surface area contributed by atoms with Gasteiger partial charge in [-0.25, -0.2) is 4.79 Å². The summed E-state index contributed by atoms with van der Waals surface area (Å²) in [6.45, 7) is 5.59. The average molecular weight is 410 g/mol. The molecule has 0 unspecified atom stereocenters. The number of carboxylic acids is 1. The fourth-order valence-corrected chi connectivity index (χ4v) is 4.13. The number of hydrogen-bond acceptors (Lipinski definition) is 5. The molecule has 0 aromatic rings. The highest BCUT2D eigenvalue weighted by atomic mass is 16.5. The van der Waals surface area contributed by atoms with Gasteiger partial charge in [0.15, 0.2) is 0 Å². The molecule has 0 aliphatic heterocycles. The Morgan fingerprint density at radius 1 is 1.17 bits per heavy atom. The molecule has 3 atom stereocenters. The molecule has 164 valence electrons. The molecule has 2 rings (SSSR count). The summed E-state index contributed by atoms with van der Waals surface area (Å²) in [4.78, 5) is 36.0. The van der Waals surface area contributed by atoms with Crippen LogP contribution in [-0.2, 0) is 19.1 Å². The lowest BCUT2D eigenvalue weighted by Crippen LogP contribution is -2.60. The standard InChI is InChI=1S/C21H35N3O5/c1-4-16(5-2)29-18-11-14(21(27)28)10-17(20(18)23-13(3)25)24-19(26)12-22-15-8-6-7-9-15/h11,15-18,20,22H,4-10,12H2,1-3H3,(H,23,25)(H,24,26)(H,27,28)/t17-,18+,20+/m0/s1. The number of carboxylic acid groups (broad SMARTS) is 1. The number of nitrogens with one attached hydrogen (secondary N) is 3. The van der Waals surface area contributed by atoms with Gasteiger partial charge < -0.3 is 25.8 Å². The maximum Gasteiger partial charge on any atom is 0.331 e. The summed E-state index contributed by atoms with van der Waals surface area (Å²) in [7, 11) is 0. The van der Waals surface area contributed by atoms with Crippen molar-refractivity contribution in [3.05, 3.63) is 11.6 Å². The molecule has 1 fully saturated rings. The van der Waals surface area contributed by atoms with E-state index in [1.807, 2.05) is 13.8 Å². The van der Waals surface area contributed by atoms with Crippen LogP contribution in [0.4, 0.5) is 0 Å². The van der Waals surface area contributed by atoms with Crippen molar-refractivity contribution in [3.63, 3.8) is 0 Å². The van der Waals surface area contributed by atoms with Gasteiger partial charge in [0.1, 0.15) is 0 Å². The van der Waals surface area contributed by atoms with E-state index in [-0.39, 0.29) is 36.5 Å². The SMILES string of the molecule is CCC(CC)O[C@@H]1C=C(C(=O)O)C[C@H](NC(=O)CNC2CCCC2)[C@H]1NC(C)=O. The first-order valence-corrected chi connectivity index (χ1v) is 10.7. The first-order chi connectivity index (χ1) is 13.8. The van der Waals surface area contributed by atoms with E-state index < -0.39 is 24.2 Å². The number of ether oxygens (including phenoxy) is 1. The number of aliphatic carboxylic acids is 1. The Labute approximate surface area is 172 Å². The maximum absolute atomic E-state index is 12.5. The molecule has 0 heterocycles. The van der Waals surface area contributed by atoms with Gasteiger partial charge in [-0.2, -0.15) is 0 Å². The fraction of sp³-hybridized carbons (Fsp3) is 0.762. The second kappa shape index (κ2) is 11.3. The Morgan fingerprint density at radius 2 is 1.83 bits per heavy atom. The number of rotatable bonds is 10. The molecule has 29 heavy (non-hydrogen) atoms. The van der Waals surface area contributed by atoms with Gasteiger partial charge in [-0.3, -0.25) is 9.59 Å². The lowest BCUT2D eigenvalue weighted by Gasteiger charge is -2.38. The van der Waals surface area contributed by atoms with Crippen LogP contribution >= 0.6 is 0 Å². The molecule has 0 aromatic carbocycles. The smallest absolute Gasteiger partial charge is 0.331 e. The van der Waals surface area contributed by atoms with Crippen LogP contribution in [0.2, 0.25) is 0 Å². The predicted octanol–water partition coefficient (Wildman–Crippen LogP) is 1.50. The highest BCUT2D eigenvalue weighted by Crippen LogP contribution is 2.24. The van der Waals surface area contributed by atoms with Gasteiger partial charge in [-0.15, -0.1) is 0 Å². The summed E-state index contributed by atoms with van der Waals surface area (Å²) in [5.41, 5.74) is 0.191. The molecule has 2 amide bonds. The van der Waals surface area contributed by atoms with Gasteiger partial charge in [-0.1, -0.05) is 26.7 Å². The Hall–Kier alpha value is -1.93. The fourth-order valence-electron chi connectivity index (χ4n) is 4.13. The number of carbonyl (C=O) groups excluding carboxylic acids is 2. The lowest BCUT2D eigenvalue weighted by atomic mass is 9.87. The van der Waals surface area contributed by atoms with Gasteiger partial charge in [0.05, 0.1) is 30.8 Å². The van der Waals surface area contributed by atoms with Gasteiger partial charge in [0.25, 0.3) is 0 Å². The molecule has 0 spiro atoms. The first kappa shape index (κ1) is 23.3. The van der Waals surface area contributed by atoms with Crippen LogP contribution in [0.3, 0.4) is 0 Å². The van der Waals surface area contributed by atoms with Crippen molar-refractivity contribution in [2.24, 2.45) is 0 Å². The molecule has 0 radical (unpaired) electrons. The predicted molar refractivity (Wildman–Crippen MR) is 109 cm³/mol. The Kier molecular flexibility index (Phi) is 9.10. The molecule has 8 heteroatoms. The van der Waals surface area contributed by atoms with E-state index in [0.29, 0.717) is 6.04 Å². The number of hydrogen-bond donors (Lipinski definition) is 4. The highest BCUT2D eigenvalue weighted by Gasteiger charge is 2.38. The monoisotopic (exact) mass is 409 g/mol. The van der Waals surface area contributed by atoms with Crippen LogP contribution < -0.4 is 16.0 Å². The van der Waals surface area contributed by atoms with Crippen molar-refractivity contribution in [2.45, 2.75) is 96.1 Å². The van der Waals surface area contributed by atoms with Crippen molar-refractivity contribution in [3.8, 4) is 0 Å². The molecule has 1 saturated carbocycles. The minimum absolute atomic E-state index is 0.0546. The third-order valence-corrected chi connectivity index (χ3v) is 5.75. The summed E-state index contributed by atoms with van der Waals surface area (Å²) in [5.74, 6) is -1.48. The Bertz CT molecular complexity index is 611. The van der Waals surface area contributed by atoms with E-state index in [1.54, 1.807) is 6.08 Å². The minimum atomic E-state index is -1.03. The topological polar surface area (TPSA) is 117 Å². The zero-order valence-electron chi connectivity index (χ0n) is 17.7. The van der Waals surface area contributed by atoms with Crippen molar-refractivity contribution in [1.29, 1.82) is 0 Å². The summed E-state index contributed by atoms with van der Waals surface area (Å²) < 4.78 is 6.12. The van der Waals surface area contributed by atoms with Crippen LogP contribution in [0.25, 0.3) is 0 Å². The van der Waals surface area contributed by atoms with Crippen LogP contribution in [0, 0.1) is 0 Å². The largest absolute Gasteiger partial charge is 0.478 e. The highest BCUT2D eigenvalue weighted by molar-refractivity contribution is 5.87. The van der Waals surface area contributed by atoms with E-state index in [2.05, 4.69) is 16.0 Å². The third kappa shape index (κ3) is 7.12. The van der Waals surface area contributed by atoms with E-state index >= 15 is 0 Å². The second-order valence-corrected chi connectivity index (χ2v) is 8.00. The molecule has 2 aliphatic rings. The molecular formula is C21H35N3O5. The van der Waals surface area contributed by atoms with Crippen molar-refractivity contribution >= 4 is 17.8 Å². The summed E-state index contributed by atoms with van der Waals surface area (Å²) >= 11 is 0. The Balaban J connectivity index is 2.12. The average Bonchev–Trinajstić information content (AvgIpc) is 3.19. The van der Waals surface area contributed by atoms with Crippen molar-refractivity contribution in [1.82, 2.24) is 16.0 Å². The lowest BCUT2D eigenvalue weighted by molar-refractivity contribution is -0.133. The normalized spacial score (nSPS) is 25.0. The van der Waals surface area contributed by atoms with Crippen LogP contribution in [-0.4, -0.2) is 59.8 Å². The van der Waals surface area contributed by atoms with E-state index in [1.165, 1.54) is 19.8 Å². The van der Waals surface area contributed by atoms with Gasteiger partial charge in [0, 0.05) is 25.0 Å².